The Morgan fingerprint density at radius 3 is 1.62 bits per heavy atom. The van der Waals surface area contributed by atoms with Crippen molar-refractivity contribution < 1.29 is 28.5 Å². The van der Waals surface area contributed by atoms with Crippen molar-refractivity contribution >= 4 is 18.0 Å². The van der Waals surface area contributed by atoms with Crippen molar-refractivity contribution in [1.82, 2.24) is 0 Å². The van der Waals surface area contributed by atoms with Gasteiger partial charge in [-0.3, -0.25) is 4.79 Å². The third-order valence-corrected chi connectivity index (χ3v) is 5.75. The highest BCUT2D eigenvalue weighted by Crippen LogP contribution is 2.25. The van der Waals surface area contributed by atoms with E-state index in [1.165, 1.54) is 6.08 Å². The van der Waals surface area contributed by atoms with Crippen LogP contribution in [-0.4, -0.2) is 25.5 Å². The van der Waals surface area contributed by atoms with Gasteiger partial charge in [-0.05, 0) is 61.2 Å². The summed E-state index contributed by atoms with van der Waals surface area (Å²) in [7, 11) is 0. The number of rotatable bonds is 12. The number of ether oxygens (including phenoxy) is 4. The Balaban J connectivity index is -0.00000304. The highest BCUT2D eigenvalue weighted by Gasteiger charge is 2.27. The molecule has 0 aromatic heterocycles. The number of benzene rings is 3. The molecule has 232 valence electrons. The van der Waals surface area contributed by atoms with E-state index in [9.17, 15) is 9.59 Å². The molecule has 0 unspecified atom stereocenters. The molecule has 6 heteroatoms. The molecular weight excluding hydrogens is 528 g/mol. The summed E-state index contributed by atoms with van der Waals surface area (Å²) >= 11 is 0. The summed E-state index contributed by atoms with van der Waals surface area (Å²) in [6, 6.07) is 24.7. The number of carbonyl (C=O) groups is 2. The second kappa shape index (κ2) is 21.4. The fourth-order valence-electron chi connectivity index (χ4n) is 3.05. The van der Waals surface area contributed by atoms with Gasteiger partial charge in [-0.25, -0.2) is 4.79 Å². The fraction of sp³-hybridized carbons (Fsp3) is 0.333. The Morgan fingerprint density at radius 1 is 0.667 bits per heavy atom. The van der Waals surface area contributed by atoms with E-state index in [2.05, 4.69) is 0 Å². The Bertz CT molecular complexity index is 1190. The molecule has 0 N–H and O–H groups in total. The van der Waals surface area contributed by atoms with Gasteiger partial charge in [0.15, 0.2) is 0 Å². The summed E-state index contributed by atoms with van der Waals surface area (Å²) in [6.45, 7) is 5.32. The maximum Gasteiger partial charge on any atom is 0.333 e. The van der Waals surface area contributed by atoms with Crippen LogP contribution in [0.25, 0.3) is 17.2 Å². The van der Waals surface area contributed by atoms with Crippen molar-refractivity contribution in [2.24, 2.45) is 5.41 Å². The van der Waals surface area contributed by atoms with Crippen LogP contribution in [0.3, 0.4) is 0 Å². The molecule has 3 rings (SSSR count). The van der Waals surface area contributed by atoms with Gasteiger partial charge in [-0.1, -0.05) is 117 Å². The largest absolute Gasteiger partial charge is 0.457 e. The number of carbonyl (C=O) groups excluding carboxylic acids is 2. The third-order valence-electron chi connectivity index (χ3n) is 5.75. The zero-order chi connectivity index (χ0) is 26.5. The van der Waals surface area contributed by atoms with Crippen LogP contribution in [0.1, 0.15) is 69.9 Å². The molecule has 3 aromatic carbocycles. The van der Waals surface area contributed by atoms with Crippen LogP contribution in [0.4, 0.5) is 0 Å². The summed E-state index contributed by atoms with van der Waals surface area (Å²) in [4.78, 5) is 23.8. The second-order valence-electron chi connectivity index (χ2n) is 8.83. The number of esters is 2. The Hall–Kier alpha value is -4.32. The lowest BCUT2D eigenvalue weighted by molar-refractivity contribution is -0.160. The van der Waals surface area contributed by atoms with E-state index in [1.807, 2.05) is 93.6 Å². The van der Waals surface area contributed by atoms with Gasteiger partial charge in [0.1, 0.15) is 11.5 Å². The molecule has 0 aliphatic heterocycles. The molecule has 0 atom stereocenters. The number of hydrogen-bond donors (Lipinski definition) is 0. The monoisotopic (exact) mass is 580 g/mol. The third kappa shape index (κ3) is 13.8. The highest BCUT2D eigenvalue weighted by atomic mass is 16.7. The van der Waals surface area contributed by atoms with Gasteiger partial charge in [0.25, 0.3) is 0 Å². The zero-order valence-corrected chi connectivity index (χ0v) is 21.4. The minimum Gasteiger partial charge on any atom is -0.457 e. The standard InChI is InChI=1S/C31H32O6.5CH4/c1-4-31(2,3)30(33)37-23-35-28-20-16-26(17-21-28)25-14-18-27(19-15-25)34-22-36-29(32)13-9-8-12-24-10-6-5-7-11-24;;;;;/h5-21H,4,22-23H2,1-3H3;5*1H4. The van der Waals surface area contributed by atoms with E-state index >= 15 is 0 Å². The van der Waals surface area contributed by atoms with Gasteiger partial charge in [-0.2, -0.15) is 0 Å². The van der Waals surface area contributed by atoms with Crippen LogP contribution in [-0.2, 0) is 19.1 Å². The normalized spacial score (nSPS) is 10.1. The molecule has 0 aliphatic carbocycles. The highest BCUT2D eigenvalue weighted by molar-refractivity contribution is 5.82. The lowest BCUT2D eigenvalue weighted by atomic mass is 9.91. The molecule has 0 radical (unpaired) electrons. The Labute approximate surface area is 255 Å². The number of hydrogen-bond acceptors (Lipinski definition) is 6. The lowest BCUT2D eigenvalue weighted by Gasteiger charge is -2.20. The quantitative estimate of drug-likeness (QED) is 0.0919. The summed E-state index contributed by atoms with van der Waals surface area (Å²) in [6.07, 6.45) is 7.33. The van der Waals surface area contributed by atoms with E-state index in [1.54, 1.807) is 24.3 Å². The zero-order valence-electron chi connectivity index (χ0n) is 21.4. The minimum absolute atomic E-state index is 0. The topological polar surface area (TPSA) is 71.1 Å². The summed E-state index contributed by atoms with van der Waals surface area (Å²) in [5.41, 5.74) is 2.50. The average molecular weight is 581 g/mol. The molecule has 3 aromatic rings. The molecule has 6 nitrogen and oxygen atoms in total. The predicted molar refractivity (Wildman–Crippen MR) is 177 cm³/mol. The van der Waals surface area contributed by atoms with E-state index in [-0.39, 0.29) is 56.7 Å². The Morgan fingerprint density at radius 2 is 1.14 bits per heavy atom. The van der Waals surface area contributed by atoms with E-state index < -0.39 is 11.4 Å². The molecule has 0 spiro atoms. The first-order chi connectivity index (χ1) is 17.9. The molecule has 42 heavy (non-hydrogen) atoms. The second-order valence-corrected chi connectivity index (χ2v) is 8.83. The predicted octanol–water partition coefficient (Wildman–Crippen LogP) is 10.00. The van der Waals surface area contributed by atoms with Gasteiger partial charge >= 0.3 is 11.9 Å². The molecular formula is C36H52O6. The SMILES string of the molecule is C.C.C.C.C.CCC(C)(C)C(=O)OCOc1ccc(-c2ccc(OCOC(=O)C=CC=Cc3ccccc3)cc2)cc1. The molecule has 0 bridgehead atoms. The maximum absolute atomic E-state index is 12.0. The smallest absolute Gasteiger partial charge is 0.333 e. The maximum atomic E-state index is 12.0. The average Bonchev–Trinajstić information content (AvgIpc) is 2.92. The van der Waals surface area contributed by atoms with Gasteiger partial charge in [-0.15, -0.1) is 0 Å². The van der Waals surface area contributed by atoms with Crippen molar-refractivity contribution in [3.05, 3.63) is 103 Å². The first-order valence-electron chi connectivity index (χ1n) is 12.1. The van der Waals surface area contributed by atoms with Crippen LogP contribution in [0.2, 0.25) is 0 Å². The molecule has 0 saturated heterocycles. The molecule has 0 saturated carbocycles. The molecule has 0 aliphatic rings. The van der Waals surface area contributed by atoms with Gasteiger partial charge in [0.05, 0.1) is 5.41 Å². The minimum atomic E-state index is -0.526. The van der Waals surface area contributed by atoms with E-state index in [0.29, 0.717) is 17.9 Å². The first kappa shape index (κ1) is 42.2. The van der Waals surface area contributed by atoms with Crippen molar-refractivity contribution in [1.29, 1.82) is 0 Å². The van der Waals surface area contributed by atoms with Crippen molar-refractivity contribution in [3.63, 3.8) is 0 Å². The molecule has 0 heterocycles. The van der Waals surface area contributed by atoms with E-state index in [4.69, 9.17) is 18.9 Å². The van der Waals surface area contributed by atoms with Crippen LogP contribution in [0, 0.1) is 5.41 Å². The summed E-state index contributed by atoms with van der Waals surface area (Å²) in [5, 5.41) is 0. The summed E-state index contributed by atoms with van der Waals surface area (Å²) < 4.78 is 21.3. The van der Waals surface area contributed by atoms with Crippen molar-refractivity contribution in [2.45, 2.75) is 64.3 Å². The fourth-order valence-corrected chi connectivity index (χ4v) is 3.05. The Kier molecular flexibility index (Phi) is 21.5. The van der Waals surface area contributed by atoms with Crippen molar-refractivity contribution in [3.8, 4) is 22.6 Å². The van der Waals surface area contributed by atoms with Crippen LogP contribution in [0.5, 0.6) is 11.5 Å². The van der Waals surface area contributed by atoms with Gasteiger partial charge in [0, 0.05) is 6.08 Å². The summed E-state index contributed by atoms with van der Waals surface area (Å²) in [5.74, 6) is 0.426. The molecule has 0 fully saturated rings. The molecule has 0 amide bonds. The van der Waals surface area contributed by atoms with Crippen molar-refractivity contribution in [2.75, 3.05) is 13.6 Å². The first-order valence-corrected chi connectivity index (χ1v) is 12.1. The van der Waals surface area contributed by atoms with E-state index in [0.717, 1.165) is 16.7 Å². The number of allylic oxidation sites excluding steroid dienone is 2. The van der Waals surface area contributed by atoms with Gasteiger partial charge in [0.2, 0.25) is 13.6 Å². The van der Waals surface area contributed by atoms with Crippen LogP contribution < -0.4 is 9.47 Å². The lowest BCUT2D eigenvalue weighted by Crippen LogP contribution is -2.27. The van der Waals surface area contributed by atoms with Crippen LogP contribution in [0.15, 0.2) is 97.1 Å². The van der Waals surface area contributed by atoms with Gasteiger partial charge < -0.3 is 18.9 Å². The van der Waals surface area contributed by atoms with Crippen LogP contribution >= 0.6 is 0 Å².